The van der Waals surface area contributed by atoms with Crippen molar-refractivity contribution in [3.63, 3.8) is 0 Å². The van der Waals surface area contributed by atoms with Gasteiger partial charge in [0.25, 0.3) is 0 Å². The van der Waals surface area contributed by atoms with E-state index in [-0.39, 0.29) is 6.10 Å². The molecule has 4 heteroatoms. The fraction of sp³-hybridized carbons (Fsp3) is 0.636. The normalized spacial score (nSPS) is 12.2. The number of rotatable bonds is 6. The van der Waals surface area contributed by atoms with Gasteiger partial charge in [0.15, 0.2) is 0 Å². The molecule has 1 N–H and O–H groups in total. The average molecular weight is 209 g/mol. The van der Waals surface area contributed by atoms with E-state index >= 15 is 0 Å². The Hall–Kier alpha value is -1.32. The van der Waals surface area contributed by atoms with Crippen LogP contribution < -0.4 is 10.1 Å². The third-order valence-electron chi connectivity index (χ3n) is 2.07. The minimum absolute atomic E-state index is 0.181. The van der Waals surface area contributed by atoms with Crippen LogP contribution in [0.1, 0.15) is 33.6 Å². The summed E-state index contributed by atoms with van der Waals surface area (Å²) in [5.74, 6) is 1.36. The molecule has 0 saturated carbocycles. The van der Waals surface area contributed by atoms with Gasteiger partial charge in [0.05, 0.1) is 18.5 Å². The molecule has 1 atom stereocenters. The summed E-state index contributed by atoms with van der Waals surface area (Å²) < 4.78 is 5.57. The predicted molar refractivity (Wildman–Crippen MR) is 61.2 cm³/mol. The van der Waals surface area contributed by atoms with Gasteiger partial charge in [-0.3, -0.25) is 4.98 Å². The number of hydrogen-bond acceptors (Lipinski definition) is 4. The molecule has 0 bridgehead atoms. The fourth-order valence-corrected chi connectivity index (χ4v) is 1.03. The summed E-state index contributed by atoms with van der Waals surface area (Å²) in [4.78, 5) is 8.38. The standard InChI is InChI=1S/C11H19N3O/c1-4-6-13-10-7-12-8-11(14-10)15-9(3)5-2/h7-9H,4-6H2,1-3H3,(H,13,14). The van der Waals surface area contributed by atoms with Crippen molar-refractivity contribution in [2.45, 2.75) is 39.7 Å². The molecule has 15 heavy (non-hydrogen) atoms. The van der Waals surface area contributed by atoms with Crippen LogP contribution in [0.15, 0.2) is 12.4 Å². The summed E-state index contributed by atoms with van der Waals surface area (Å²) in [7, 11) is 0. The minimum Gasteiger partial charge on any atom is -0.474 e. The van der Waals surface area contributed by atoms with Gasteiger partial charge in [-0.25, -0.2) is 0 Å². The van der Waals surface area contributed by atoms with Crippen molar-refractivity contribution < 1.29 is 4.74 Å². The highest BCUT2D eigenvalue weighted by atomic mass is 16.5. The van der Waals surface area contributed by atoms with Gasteiger partial charge in [0.2, 0.25) is 5.88 Å². The third kappa shape index (κ3) is 4.14. The van der Waals surface area contributed by atoms with Gasteiger partial charge >= 0.3 is 0 Å². The zero-order valence-corrected chi connectivity index (χ0v) is 9.66. The summed E-state index contributed by atoms with van der Waals surface area (Å²) in [5, 5.41) is 3.17. The molecule has 84 valence electrons. The van der Waals surface area contributed by atoms with E-state index < -0.39 is 0 Å². The van der Waals surface area contributed by atoms with E-state index in [0.717, 1.165) is 25.2 Å². The first-order valence-electron chi connectivity index (χ1n) is 5.48. The lowest BCUT2D eigenvalue weighted by molar-refractivity contribution is 0.208. The maximum absolute atomic E-state index is 5.57. The van der Waals surface area contributed by atoms with Crippen LogP contribution in [0.4, 0.5) is 5.82 Å². The Morgan fingerprint density at radius 1 is 1.40 bits per heavy atom. The summed E-state index contributed by atoms with van der Waals surface area (Å²) in [5.41, 5.74) is 0. The molecule has 1 unspecified atom stereocenters. The Balaban J connectivity index is 2.57. The molecular weight excluding hydrogens is 190 g/mol. The van der Waals surface area contributed by atoms with E-state index in [1.807, 2.05) is 6.92 Å². The van der Waals surface area contributed by atoms with E-state index in [0.29, 0.717) is 5.88 Å². The summed E-state index contributed by atoms with van der Waals surface area (Å²) in [6.45, 7) is 7.12. The molecule has 0 aliphatic rings. The minimum atomic E-state index is 0.181. The maximum Gasteiger partial charge on any atom is 0.234 e. The first kappa shape index (κ1) is 11.8. The van der Waals surface area contributed by atoms with Crippen LogP contribution in [0.25, 0.3) is 0 Å². The van der Waals surface area contributed by atoms with Crippen molar-refractivity contribution in [3.05, 3.63) is 12.4 Å². The van der Waals surface area contributed by atoms with Crippen LogP contribution >= 0.6 is 0 Å². The van der Waals surface area contributed by atoms with Crippen molar-refractivity contribution in [2.24, 2.45) is 0 Å². The molecule has 0 saturated heterocycles. The summed E-state index contributed by atoms with van der Waals surface area (Å²) in [6.07, 6.45) is 5.56. The fourth-order valence-electron chi connectivity index (χ4n) is 1.03. The van der Waals surface area contributed by atoms with Gasteiger partial charge in [-0.2, -0.15) is 4.98 Å². The lowest BCUT2D eigenvalue weighted by Crippen LogP contribution is -2.12. The van der Waals surface area contributed by atoms with E-state index in [2.05, 4.69) is 29.1 Å². The third-order valence-corrected chi connectivity index (χ3v) is 2.07. The van der Waals surface area contributed by atoms with Crippen molar-refractivity contribution in [2.75, 3.05) is 11.9 Å². The van der Waals surface area contributed by atoms with Crippen LogP contribution in [-0.2, 0) is 0 Å². The molecule has 0 fully saturated rings. The quantitative estimate of drug-likeness (QED) is 0.781. The van der Waals surface area contributed by atoms with Gasteiger partial charge in [0, 0.05) is 6.54 Å². The van der Waals surface area contributed by atoms with Gasteiger partial charge in [-0.05, 0) is 19.8 Å². The highest BCUT2D eigenvalue weighted by Gasteiger charge is 2.03. The lowest BCUT2D eigenvalue weighted by atomic mass is 10.3. The number of nitrogens with one attached hydrogen (secondary N) is 1. The van der Waals surface area contributed by atoms with Crippen molar-refractivity contribution in [3.8, 4) is 5.88 Å². The van der Waals surface area contributed by atoms with Gasteiger partial charge < -0.3 is 10.1 Å². The Bertz CT molecular complexity index is 291. The number of hydrogen-bond donors (Lipinski definition) is 1. The van der Waals surface area contributed by atoms with Crippen LogP contribution in [0.2, 0.25) is 0 Å². The van der Waals surface area contributed by atoms with E-state index in [4.69, 9.17) is 4.74 Å². The molecular formula is C11H19N3O. The largest absolute Gasteiger partial charge is 0.474 e. The average Bonchev–Trinajstić information content (AvgIpc) is 2.26. The molecule has 0 aromatic carbocycles. The van der Waals surface area contributed by atoms with Crippen LogP contribution in [-0.4, -0.2) is 22.6 Å². The number of anilines is 1. The van der Waals surface area contributed by atoms with E-state index in [1.54, 1.807) is 12.4 Å². The monoisotopic (exact) mass is 209 g/mol. The SMILES string of the molecule is CCCNc1cncc(OC(C)CC)n1. The van der Waals surface area contributed by atoms with Crippen LogP contribution in [0.5, 0.6) is 5.88 Å². The van der Waals surface area contributed by atoms with Crippen molar-refractivity contribution in [1.82, 2.24) is 9.97 Å². The smallest absolute Gasteiger partial charge is 0.234 e. The first-order chi connectivity index (χ1) is 7.26. The molecule has 0 spiro atoms. The molecule has 1 aromatic rings. The summed E-state index contributed by atoms with van der Waals surface area (Å²) in [6, 6.07) is 0. The van der Waals surface area contributed by atoms with Gasteiger partial charge in [-0.1, -0.05) is 13.8 Å². The summed E-state index contributed by atoms with van der Waals surface area (Å²) >= 11 is 0. The molecule has 1 aromatic heterocycles. The van der Waals surface area contributed by atoms with Crippen LogP contribution in [0, 0.1) is 0 Å². The second-order valence-corrected chi connectivity index (χ2v) is 3.51. The Kier molecular flexibility index (Phi) is 4.87. The molecule has 1 rings (SSSR count). The van der Waals surface area contributed by atoms with E-state index in [9.17, 15) is 0 Å². The topological polar surface area (TPSA) is 47.0 Å². The Morgan fingerprint density at radius 3 is 2.87 bits per heavy atom. The first-order valence-corrected chi connectivity index (χ1v) is 5.48. The number of aromatic nitrogens is 2. The Morgan fingerprint density at radius 2 is 2.20 bits per heavy atom. The van der Waals surface area contributed by atoms with Gasteiger partial charge in [-0.15, -0.1) is 0 Å². The predicted octanol–water partition coefficient (Wildman–Crippen LogP) is 2.48. The molecule has 0 aliphatic heterocycles. The molecule has 4 nitrogen and oxygen atoms in total. The zero-order chi connectivity index (χ0) is 11.1. The maximum atomic E-state index is 5.57. The van der Waals surface area contributed by atoms with Crippen molar-refractivity contribution >= 4 is 5.82 Å². The molecule has 0 radical (unpaired) electrons. The van der Waals surface area contributed by atoms with Gasteiger partial charge in [0.1, 0.15) is 5.82 Å². The number of nitrogens with zero attached hydrogens (tertiary/aromatic N) is 2. The number of ether oxygens (including phenoxy) is 1. The van der Waals surface area contributed by atoms with Crippen molar-refractivity contribution in [1.29, 1.82) is 0 Å². The highest BCUT2D eigenvalue weighted by molar-refractivity contribution is 5.32. The lowest BCUT2D eigenvalue weighted by Gasteiger charge is -2.12. The molecule has 1 heterocycles. The van der Waals surface area contributed by atoms with Crippen LogP contribution in [0.3, 0.4) is 0 Å². The highest BCUT2D eigenvalue weighted by Crippen LogP contribution is 2.11. The second-order valence-electron chi connectivity index (χ2n) is 3.51. The van der Waals surface area contributed by atoms with E-state index in [1.165, 1.54) is 0 Å². The molecule has 0 aliphatic carbocycles. The molecule has 0 amide bonds. The second kappa shape index (κ2) is 6.22. The zero-order valence-electron chi connectivity index (χ0n) is 9.66. The Labute approximate surface area is 91.1 Å².